The predicted molar refractivity (Wildman–Crippen MR) is 102 cm³/mol. The molecule has 0 radical (unpaired) electrons. The fourth-order valence-corrected chi connectivity index (χ4v) is 2.99. The van der Waals surface area contributed by atoms with Crippen LogP contribution in [0.1, 0.15) is 12.6 Å². The van der Waals surface area contributed by atoms with Crippen LogP contribution in [0.3, 0.4) is 0 Å². The van der Waals surface area contributed by atoms with Gasteiger partial charge in [0.05, 0.1) is 17.8 Å². The third kappa shape index (κ3) is 4.90. The van der Waals surface area contributed by atoms with Crippen LogP contribution in [-0.2, 0) is 16.0 Å². The molecule has 3 rings (SSSR count). The number of nitrogens with one attached hydrogen (secondary N) is 2. The molecule has 0 aliphatic rings. The zero-order valence-corrected chi connectivity index (χ0v) is 14.9. The lowest BCUT2D eigenvalue weighted by Gasteiger charge is -2.11. The first-order valence-corrected chi connectivity index (χ1v) is 8.82. The number of benzene rings is 2. The molecule has 7 heteroatoms. The monoisotopic (exact) mass is 367 g/mol. The first-order valence-electron chi connectivity index (χ1n) is 7.94. The van der Waals surface area contributed by atoms with E-state index in [-0.39, 0.29) is 18.2 Å². The molecule has 1 heterocycles. The quantitative estimate of drug-likeness (QED) is 0.688. The number of rotatable bonds is 6. The summed E-state index contributed by atoms with van der Waals surface area (Å²) in [6, 6.07) is 16.6. The maximum absolute atomic E-state index is 12.3. The molecule has 0 atom stereocenters. The van der Waals surface area contributed by atoms with Crippen molar-refractivity contribution < 1.29 is 14.3 Å². The van der Waals surface area contributed by atoms with E-state index in [1.165, 1.54) is 18.3 Å². The highest BCUT2D eigenvalue weighted by atomic mass is 32.1. The molecule has 0 bridgehead atoms. The van der Waals surface area contributed by atoms with Crippen molar-refractivity contribution in [1.82, 2.24) is 4.98 Å². The minimum absolute atomic E-state index is 0.107. The number of carbonyl (C=O) groups is 2. The Morgan fingerprint density at radius 2 is 1.77 bits per heavy atom. The SMILES string of the molecule is CC(=O)Nc1nc(CC(=O)Nc2ccccc2Oc2ccccc2)cs1. The molecule has 0 aliphatic carbocycles. The van der Waals surface area contributed by atoms with Gasteiger partial charge in [-0.25, -0.2) is 4.98 Å². The Kier molecular flexibility index (Phi) is 5.60. The van der Waals surface area contributed by atoms with Crippen molar-refractivity contribution in [2.75, 3.05) is 10.6 Å². The van der Waals surface area contributed by atoms with Crippen LogP contribution in [0, 0.1) is 0 Å². The van der Waals surface area contributed by atoms with E-state index in [2.05, 4.69) is 15.6 Å². The predicted octanol–water partition coefficient (Wildman–Crippen LogP) is 4.08. The highest BCUT2D eigenvalue weighted by molar-refractivity contribution is 7.13. The summed E-state index contributed by atoms with van der Waals surface area (Å²) in [7, 11) is 0. The number of hydrogen-bond acceptors (Lipinski definition) is 5. The first kappa shape index (κ1) is 17.6. The van der Waals surface area contributed by atoms with Crippen LogP contribution in [-0.4, -0.2) is 16.8 Å². The van der Waals surface area contributed by atoms with Crippen molar-refractivity contribution in [3.63, 3.8) is 0 Å². The van der Waals surface area contributed by atoms with Gasteiger partial charge in [-0.1, -0.05) is 30.3 Å². The van der Waals surface area contributed by atoms with Gasteiger partial charge in [-0.15, -0.1) is 11.3 Å². The highest BCUT2D eigenvalue weighted by Crippen LogP contribution is 2.29. The zero-order valence-electron chi connectivity index (χ0n) is 14.1. The fourth-order valence-electron chi connectivity index (χ4n) is 2.23. The van der Waals surface area contributed by atoms with Crippen LogP contribution < -0.4 is 15.4 Å². The van der Waals surface area contributed by atoms with Crippen molar-refractivity contribution in [1.29, 1.82) is 0 Å². The number of aromatic nitrogens is 1. The Bertz CT molecular complexity index is 909. The van der Waals surface area contributed by atoms with Gasteiger partial charge < -0.3 is 15.4 Å². The summed E-state index contributed by atoms with van der Waals surface area (Å²) in [6.45, 7) is 1.41. The van der Waals surface area contributed by atoms with E-state index >= 15 is 0 Å². The summed E-state index contributed by atoms with van der Waals surface area (Å²) in [5, 5.41) is 7.67. The van der Waals surface area contributed by atoms with E-state index in [0.29, 0.717) is 28.0 Å². The average Bonchev–Trinajstić information content (AvgIpc) is 3.03. The summed E-state index contributed by atoms with van der Waals surface area (Å²) in [4.78, 5) is 27.6. The number of thiazole rings is 1. The van der Waals surface area contributed by atoms with Gasteiger partial charge in [0.2, 0.25) is 11.8 Å². The third-order valence-electron chi connectivity index (χ3n) is 3.31. The number of para-hydroxylation sites is 3. The van der Waals surface area contributed by atoms with Crippen molar-refractivity contribution >= 4 is 34.0 Å². The van der Waals surface area contributed by atoms with Gasteiger partial charge in [0.25, 0.3) is 0 Å². The molecule has 26 heavy (non-hydrogen) atoms. The van der Waals surface area contributed by atoms with Crippen LogP contribution in [0.25, 0.3) is 0 Å². The molecule has 0 fully saturated rings. The Labute approximate surface area is 154 Å². The molecule has 6 nitrogen and oxygen atoms in total. The molecule has 2 aromatic carbocycles. The summed E-state index contributed by atoms with van der Waals surface area (Å²) in [5.41, 5.74) is 1.18. The molecule has 132 valence electrons. The van der Waals surface area contributed by atoms with Crippen LogP contribution in [0.15, 0.2) is 60.0 Å². The van der Waals surface area contributed by atoms with Crippen LogP contribution >= 0.6 is 11.3 Å². The largest absolute Gasteiger partial charge is 0.455 e. The van der Waals surface area contributed by atoms with Crippen LogP contribution in [0.2, 0.25) is 0 Å². The molecule has 2 amide bonds. The normalized spacial score (nSPS) is 10.2. The van der Waals surface area contributed by atoms with Crippen LogP contribution in [0.5, 0.6) is 11.5 Å². The zero-order chi connectivity index (χ0) is 18.4. The number of amides is 2. The average molecular weight is 367 g/mol. The smallest absolute Gasteiger partial charge is 0.230 e. The molecule has 0 saturated heterocycles. The van der Waals surface area contributed by atoms with Crippen molar-refractivity contribution in [2.24, 2.45) is 0 Å². The molecule has 1 aromatic heterocycles. The number of ether oxygens (including phenoxy) is 1. The molecule has 0 spiro atoms. The van der Waals surface area contributed by atoms with Crippen LogP contribution in [0.4, 0.5) is 10.8 Å². The van der Waals surface area contributed by atoms with E-state index in [9.17, 15) is 9.59 Å². The van der Waals surface area contributed by atoms with Gasteiger partial charge in [-0.3, -0.25) is 9.59 Å². The molecule has 2 N–H and O–H groups in total. The molecule has 3 aromatic rings. The third-order valence-corrected chi connectivity index (χ3v) is 4.12. The molecule has 0 aliphatic heterocycles. The van der Waals surface area contributed by atoms with Gasteiger partial charge in [-0.2, -0.15) is 0 Å². The Morgan fingerprint density at radius 1 is 1.04 bits per heavy atom. The Hall–Kier alpha value is -3.19. The maximum atomic E-state index is 12.3. The second kappa shape index (κ2) is 8.26. The number of carbonyl (C=O) groups excluding carboxylic acids is 2. The Balaban J connectivity index is 1.66. The lowest BCUT2D eigenvalue weighted by Crippen LogP contribution is -2.15. The lowest BCUT2D eigenvalue weighted by atomic mass is 10.2. The van der Waals surface area contributed by atoms with Gasteiger partial charge in [0.1, 0.15) is 5.75 Å². The second-order valence-electron chi connectivity index (χ2n) is 5.46. The second-order valence-corrected chi connectivity index (χ2v) is 6.32. The molecular formula is C19H17N3O3S. The van der Waals surface area contributed by atoms with E-state index in [4.69, 9.17) is 4.74 Å². The van der Waals surface area contributed by atoms with Gasteiger partial charge in [0.15, 0.2) is 10.9 Å². The summed E-state index contributed by atoms with van der Waals surface area (Å²) < 4.78 is 5.83. The number of hydrogen-bond donors (Lipinski definition) is 2. The fraction of sp³-hybridized carbons (Fsp3) is 0.105. The summed E-state index contributed by atoms with van der Waals surface area (Å²) >= 11 is 1.28. The Morgan fingerprint density at radius 3 is 2.54 bits per heavy atom. The standard InChI is InChI=1S/C19H17N3O3S/c1-13(23)20-19-21-14(12-26-19)11-18(24)22-16-9-5-6-10-17(16)25-15-7-3-2-4-8-15/h2-10,12H,11H2,1H3,(H,22,24)(H,20,21,23). The summed E-state index contributed by atoms with van der Waals surface area (Å²) in [5.74, 6) is 0.842. The molecule has 0 unspecified atom stereocenters. The lowest BCUT2D eigenvalue weighted by molar-refractivity contribution is -0.116. The van der Waals surface area contributed by atoms with E-state index in [1.54, 1.807) is 17.5 Å². The summed E-state index contributed by atoms with van der Waals surface area (Å²) in [6.07, 6.45) is 0.107. The van der Waals surface area contributed by atoms with Gasteiger partial charge >= 0.3 is 0 Å². The van der Waals surface area contributed by atoms with Crippen molar-refractivity contribution in [3.05, 3.63) is 65.7 Å². The van der Waals surface area contributed by atoms with E-state index in [1.807, 2.05) is 42.5 Å². The molecular weight excluding hydrogens is 350 g/mol. The van der Waals surface area contributed by atoms with E-state index in [0.717, 1.165) is 0 Å². The number of anilines is 2. The molecule has 0 saturated carbocycles. The van der Waals surface area contributed by atoms with Gasteiger partial charge in [-0.05, 0) is 24.3 Å². The minimum Gasteiger partial charge on any atom is -0.455 e. The minimum atomic E-state index is -0.214. The van der Waals surface area contributed by atoms with Crippen molar-refractivity contribution in [2.45, 2.75) is 13.3 Å². The van der Waals surface area contributed by atoms with Gasteiger partial charge in [0, 0.05) is 12.3 Å². The van der Waals surface area contributed by atoms with Crippen molar-refractivity contribution in [3.8, 4) is 11.5 Å². The topological polar surface area (TPSA) is 80.3 Å². The highest BCUT2D eigenvalue weighted by Gasteiger charge is 2.11. The first-order chi connectivity index (χ1) is 12.6. The number of nitrogens with zero attached hydrogens (tertiary/aromatic N) is 1. The van der Waals surface area contributed by atoms with E-state index < -0.39 is 0 Å². The maximum Gasteiger partial charge on any atom is 0.230 e.